The lowest BCUT2D eigenvalue weighted by molar-refractivity contribution is -0.121. The third-order valence-electron chi connectivity index (χ3n) is 3.05. The third kappa shape index (κ3) is 4.56. The summed E-state index contributed by atoms with van der Waals surface area (Å²) < 4.78 is 5.23. The highest BCUT2D eigenvalue weighted by Crippen LogP contribution is 2.26. The number of thiazole rings is 1. The van der Waals surface area contributed by atoms with E-state index in [0.29, 0.717) is 13.0 Å². The van der Waals surface area contributed by atoms with Crippen LogP contribution in [-0.2, 0) is 11.2 Å². The van der Waals surface area contributed by atoms with Crippen molar-refractivity contribution in [1.29, 1.82) is 0 Å². The number of hydrogen-bond donors (Lipinski definition) is 1. The summed E-state index contributed by atoms with van der Waals surface area (Å²) in [6, 6.07) is 7.88. The predicted molar refractivity (Wildman–Crippen MR) is 85.7 cm³/mol. The Morgan fingerprint density at radius 2 is 2.29 bits per heavy atom. The number of methoxy groups -OCH3 is 1. The molecule has 1 heterocycles. The predicted octanol–water partition coefficient (Wildman–Crippen LogP) is 3.28. The lowest BCUT2D eigenvalue weighted by Gasteiger charge is -2.02. The van der Waals surface area contributed by atoms with Gasteiger partial charge in [-0.2, -0.15) is 0 Å². The number of carbonyl (C=O) groups is 1. The van der Waals surface area contributed by atoms with Crippen molar-refractivity contribution < 1.29 is 9.53 Å². The van der Waals surface area contributed by atoms with Crippen LogP contribution in [0.5, 0.6) is 5.75 Å². The van der Waals surface area contributed by atoms with Gasteiger partial charge in [-0.05, 0) is 18.6 Å². The first-order chi connectivity index (χ1) is 10.2. The number of rotatable bonds is 7. The van der Waals surface area contributed by atoms with E-state index in [1.807, 2.05) is 36.6 Å². The second-order valence-corrected chi connectivity index (χ2v) is 5.58. The Bertz CT molecular complexity index is 595. The molecule has 4 nitrogen and oxygen atoms in total. The molecule has 0 aliphatic rings. The summed E-state index contributed by atoms with van der Waals surface area (Å²) in [6.07, 6.45) is 2.23. The minimum absolute atomic E-state index is 0.112. The molecule has 5 heteroatoms. The fourth-order valence-corrected chi connectivity index (χ4v) is 2.81. The molecule has 0 aliphatic carbocycles. The first kappa shape index (κ1) is 15.5. The van der Waals surface area contributed by atoms with Crippen molar-refractivity contribution in [2.75, 3.05) is 13.7 Å². The molecular weight excluding hydrogens is 284 g/mol. The SMILES string of the molecule is CCCC(=O)NCCc1csc(-c2cccc(OC)c2)n1. The Balaban J connectivity index is 1.93. The van der Waals surface area contributed by atoms with Crippen LogP contribution in [0, 0.1) is 0 Å². The molecule has 0 saturated carbocycles. The zero-order valence-electron chi connectivity index (χ0n) is 12.4. The van der Waals surface area contributed by atoms with E-state index in [4.69, 9.17) is 4.74 Å². The molecule has 0 unspecified atom stereocenters. The highest BCUT2D eigenvalue weighted by molar-refractivity contribution is 7.13. The number of benzene rings is 1. The highest BCUT2D eigenvalue weighted by Gasteiger charge is 2.06. The molecule has 112 valence electrons. The van der Waals surface area contributed by atoms with Crippen molar-refractivity contribution in [2.24, 2.45) is 0 Å². The van der Waals surface area contributed by atoms with E-state index in [9.17, 15) is 4.79 Å². The van der Waals surface area contributed by atoms with Crippen molar-refractivity contribution in [3.8, 4) is 16.3 Å². The quantitative estimate of drug-likeness (QED) is 0.854. The summed E-state index contributed by atoms with van der Waals surface area (Å²) in [7, 11) is 1.66. The fraction of sp³-hybridized carbons (Fsp3) is 0.375. The largest absolute Gasteiger partial charge is 0.497 e. The van der Waals surface area contributed by atoms with Gasteiger partial charge in [0.1, 0.15) is 10.8 Å². The van der Waals surface area contributed by atoms with Crippen molar-refractivity contribution in [1.82, 2.24) is 10.3 Å². The Hall–Kier alpha value is -1.88. The number of ether oxygens (including phenoxy) is 1. The molecule has 1 aromatic heterocycles. The van der Waals surface area contributed by atoms with E-state index in [-0.39, 0.29) is 5.91 Å². The topological polar surface area (TPSA) is 51.2 Å². The number of nitrogens with zero attached hydrogens (tertiary/aromatic N) is 1. The van der Waals surface area contributed by atoms with E-state index < -0.39 is 0 Å². The van der Waals surface area contributed by atoms with Gasteiger partial charge in [0.25, 0.3) is 0 Å². The average molecular weight is 304 g/mol. The second-order valence-electron chi connectivity index (χ2n) is 4.73. The minimum Gasteiger partial charge on any atom is -0.497 e. The summed E-state index contributed by atoms with van der Waals surface area (Å²) in [5.74, 6) is 0.942. The Kier molecular flexibility index (Phi) is 5.75. The third-order valence-corrected chi connectivity index (χ3v) is 3.99. The zero-order valence-corrected chi connectivity index (χ0v) is 13.2. The summed E-state index contributed by atoms with van der Waals surface area (Å²) in [6.45, 7) is 2.64. The van der Waals surface area contributed by atoms with Crippen LogP contribution in [0.3, 0.4) is 0 Å². The average Bonchev–Trinajstić information content (AvgIpc) is 2.96. The zero-order chi connectivity index (χ0) is 15.1. The van der Waals surface area contributed by atoms with Crippen LogP contribution < -0.4 is 10.1 Å². The molecule has 2 aromatic rings. The summed E-state index contributed by atoms with van der Waals surface area (Å²) >= 11 is 1.61. The number of carbonyl (C=O) groups excluding carboxylic acids is 1. The van der Waals surface area contributed by atoms with Crippen LogP contribution in [0.1, 0.15) is 25.5 Å². The summed E-state index contributed by atoms with van der Waals surface area (Å²) in [4.78, 5) is 16.0. The molecule has 2 rings (SSSR count). The van der Waals surface area contributed by atoms with Gasteiger partial charge >= 0.3 is 0 Å². The maximum Gasteiger partial charge on any atom is 0.219 e. The highest BCUT2D eigenvalue weighted by atomic mass is 32.1. The maximum atomic E-state index is 11.4. The van der Waals surface area contributed by atoms with Gasteiger partial charge in [-0.15, -0.1) is 11.3 Å². The number of amides is 1. The van der Waals surface area contributed by atoms with E-state index in [2.05, 4.69) is 10.3 Å². The van der Waals surface area contributed by atoms with Gasteiger partial charge in [-0.3, -0.25) is 4.79 Å². The fourth-order valence-electron chi connectivity index (χ4n) is 1.96. The van der Waals surface area contributed by atoms with E-state index >= 15 is 0 Å². The Morgan fingerprint density at radius 1 is 1.43 bits per heavy atom. The molecule has 0 fully saturated rings. The van der Waals surface area contributed by atoms with Crippen LogP contribution in [0.2, 0.25) is 0 Å². The van der Waals surface area contributed by atoms with Gasteiger partial charge in [0.2, 0.25) is 5.91 Å². The molecule has 1 amide bonds. The van der Waals surface area contributed by atoms with Crippen molar-refractivity contribution >= 4 is 17.2 Å². The normalized spacial score (nSPS) is 10.4. The van der Waals surface area contributed by atoms with E-state index in [1.54, 1.807) is 18.4 Å². The molecule has 1 N–H and O–H groups in total. The Morgan fingerprint density at radius 3 is 3.05 bits per heavy atom. The van der Waals surface area contributed by atoms with Crippen molar-refractivity contribution in [3.63, 3.8) is 0 Å². The molecule has 0 radical (unpaired) electrons. The number of aromatic nitrogens is 1. The maximum absolute atomic E-state index is 11.4. The van der Waals surface area contributed by atoms with Crippen LogP contribution in [-0.4, -0.2) is 24.5 Å². The van der Waals surface area contributed by atoms with Crippen molar-refractivity contribution in [2.45, 2.75) is 26.2 Å². The van der Waals surface area contributed by atoms with Gasteiger partial charge in [-0.1, -0.05) is 19.1 Å². The molecule has 0 spiro atoms. The molecule has 0 saturated heterocycles. The van der Waals surface area contributed by atoms with Crippen LogP contribution in [0.4, 0.5) is 0 Å². The van der Waals surface area contributed by atoms with Crippen LogP contribution >= 0.6 is 11.3 Å². The number of nitrogens with one attached hydrogen (secondary N) is 1. The monoisotopic (exact) mass is 304 g/mol. The lowest BCUT2D eigenvalue weighted by Crippen LogP contribution is -2.25. The van der Waals surface area contributed by atoms with E-state index in [0.717, 1.165) is 34.9 Å². The molecule has 0 bridgehead atoms. The van der Waals surface area contributed by atoms with E-state index in [1.165, 1.54) is 0 Å². The minimum atomic E-state index is 0.112. The first-order valence-electron chi connectivity index (χ1n) is 7.08. The van der Waals surface area contributed by atoms with Gasteiger partial charge in [0, 0.05) is 30.3 Å². The van der Waals surface area contributed by atoms with Crippen LogP contribution in [0.15, 0.2) is 29.6 Å². The Labute approximate surface area is 129 Å². The number of hydrogen-bond acceptors (Lipinski definition) is 4. The smallest absolute Gasteiger partial charge is 0.219 e. The lowest BCUT2D eigenvalue weighted by atomic mass is 10.2. The van der Waals surface area contributed by atoms with Gasteiger partial charge in [0.05, 0.1) is 12.8 Å². The van der Waals surface area contributed by atoms with Crippen LogP contribution in [0.25, 0.3) is 10.6 Å². The summed E-state index contributed by atoms with van der Waals surface area (Å²) in [5.41, 5.74) is 2.07. The van der Waals surface area contributed by atoms with Gasteiger partial charge in [0.15, 0.2) is 0 Å². The van der Waals surface area contributed by atoms with Gasteiger partial charge < -0.3 is 10.1 Å². The first-order valence-corrected chi connectivity index (χ1v) is 7.96. The van der Waals surface area contributed by atoms with Gasteiger partial charge in [-0.25, -0.2) is 4.98 Å². The molecular formula is C16H20N2O2S. The second kappa shape index (κ2) is 7.78. The molecule has 1 aromatic carbocycles. The molecule has 0 atom stereocenters. The standard InChI is InChI=1S/C16H20N2O2S/c1-3-5-15(19)17-9-8-13-11-21-16(18-13)12-6-4-7-14(10-12)20-2/h4,6-7,10-11H,3,5,8-9H2,1-2H3,(H,17,19). The molecule has 21 heavy (non-hydrogen) atoms. The van der Waals surface area contributed by atoms with Crippen molar-refractivity contribution in [3.05, 3.63) is 35.3 Å². The summed E-state index contributed by atoms with van der Waals surface area (Å²) in [5, 5.41) is 5.92. The molecule has 0 aliphatic heterocycles.